The highest BCUT2D eigenvalue weighted by Crippen LogP contribution is 2.22. The zero-order valence-corrected chi connectivity index (χ0v) is 10.7. The van der Waals surface area contributed by atoms with Gasteiger partial charge in [-0.3, -0.25) is 9.69 Å². The van der Waals surface area contributed by atoms with E-state index in [2.05, 4.69) is 0 Å². The number of carbonyl (C=O) groups is 1. The van der Waals surface area contributed by atoms with Gasteiger partial charge in [-0.25, -0.2) is 4.39 Å². The Balaban J connectivity index is 2.13. The lowest BCUT2D eigenvalue weighted by atomic mass is 10.0. The molecule has 98 valence electrons. The number of carboxylic acids is 1. The molecule has 0 amide bonds. The van der Waals surface area contributed by atoms with Crippen LogP contribution in [0.4, 0.5) is 4.39 Å². The molecule has 3 nitrogen and oxygen atoms in total. The molecule has 5 heteroatoms. The van der Waals surface area contributed by atoms with E-state index < -0.39 is 12.0 Å². The van der Waals surface area contributed by atoms with Crippen molar-refractivity contribution in [2.45, 2.75) is 31.8 Å². The Morgan fingerprint density at radius 3 is 2.94 bits per heavy atom. The van der Waals surface area contributed by atoms with Crippen LogP contribution in [-0.2, 0) is 11.3 Å². The summed E-state index contributed by atoms with van der Waals surface area (Å²) in [6, 6.07) is 4.00. The van der Waals surface area contributed by atoms with Crippen molar-refractivity contribution < 1.29 is 14.3 Å². The lowest BCUT2D eigenvalue weighted by Gasteiger charge is -2.32. The number of nitrogens with zero attached hydrogens (tertiary/aromatic N) is 1. The standard InChI is InChI=1S/C13H15ClFNO2/c14-10-5-4-9(11(15)7-10)8-16-6-2-1-3-12(16)13(17)18/h4-5,7,12H,1-3,6,8H2,(H,17,18). The van der Waals surface area contributed by atoms with Gasteiger partial charge in [0.15, 0.2) is 0 Å². The highest BCUT2D eigenvalue weighted by atomic mass is 35.5. The minimum atomic E-state index is -0.830. The number of benzene rings is 1. The molecule has 1 saturated heterocycles. The summed E-state index contributed by atoms with van der Waals surface area (Å²) in [6.45, 7) is 1.01. The average Bonchev–Trinajstić information content (AvgIpc) is 2.33. The van der Waals surface area contributed by atoms with Crippen LogP contribution in [-0.4, -0.2) is 28.6 Å². The Bertz CT molecular complexity index is 453. The minimum absolute atomic E-state index is 0.319. The fourth-order valence-electron chi connectivity index (χ4n) is 2.33. The minimum Gasteiger partial charge on any atom is -0.480 e. The summed E-state index contributed by atoms with van der Waals surface area (Å²) in [6.07, 6.45) is 2.50. The van der Waals surface area contributed by atoms with E-state index in [1.807, 2.05) is 4.90 Å². The van der Waals surface area contributed by atoms with Crippen molar-refractivity contribution in [3.8, 4) is 0 Å². The van der Waals surface area contributed by atoms with E-state index in [1.165, 1.54) is 6.07 Å². The van der Waals surface area contributed by atoms with Crippen LogP contribution >= 0.6 is 11.6 Å². The van der Waals surface area contributed by atoms with Crippen LogP contribution in [0.2, 0.25) is 5.02 Å². The third kappa shape index (κ3) is 3.00. The Hall–Kier alpha value is -1.13. The van der Waals surface area contributed by atoms with Crippen molar-refractivity contribution in [3.63, 3.8) is 0 Å². The first-order valence-corrected chi connectivity index (χ1v) is 6.36. The van der Waals surface area contributed by atoms with Gasteiger partial charge >= 0.3 is 5.97 Å². The zero-order valence-electron chi connectivity index (χ0n) is 9.90. The summed E-state index contributed by atoms with van der Waals surface area (Å²) in [4.78, 5) is 13.0. The summed E-state index contributed by atoms with van der Waals surface area (Å²) in [5.74, 6) is -1.21. The van der Waals surface area contributed by atoms with Gasteiger partial charge in [-0.2, -0.15) is 0 Å². The molecule has 0 saturated carbocycles. The summed E-state index contributed by atoms with van der Waals surface area (Å²) >= 11 is 5.69. The molecule has 1 heterocycles. The lowest BCUT2D eigenvalue weighted by molar-refractivity contribution is -0.144. The van der Waals surface area contributed by atoms with E-state index >= 15 is 0 Å². The highest BCUT2D eigenvalue weighted by Gasteiger charge is 2.28. The average molecular weight is 272 g/mol. The predicted molar refractivity (Wildman–Crippen MR) is 67.1 cm³/mol. The molecule has 0 radical (unpaired) electrons. The second kappa shape index (κ2) is 5.67. The Labute approximate surface area is 110 Å². The number of aliphatic carboxylic acids is 1. The fraction of sp³-hybridized carbons (Fsp3) is 0.462. The van der Waals surface area contributed by atoms with Crippen LogP contribution < -0.4 is 0 Å². The van der Waals surface area contributed by atoms with Crippen molar-refractivity contribution in [1.82, 2.24) is 4.90 Å². The van der Waals surface area contributed by atoms with Gasteiger partial charge in [-0.05, 0) is 31.5 Å². The van der Waals surface area contributed by atoms with Crippen LogP contribution in [0.5, 0.6) is 0 Å². The molecule has 2 rings (SSSR count). The number of halogens is 2. The van der Waals surface area contributed by atoms with Crippen LogP contribution in [0, 0.1) is 5.82 Å². The Morgan fingerprint density at radius 1 is 1.50 bits per heavy atom. The van der Waals surface area contributed by atoms with Crippen LogP contribution in [0.15, 0.2) is 18.2 Å². The molecule has 1 aliphatic heterocycles. The molecule has 0 spiro atoms. The van der Waals surface area contributed by atoms with Crippen molar-refractivity contribution in [2.24, 2.45) is 0 Å². The summed E-state index contributed by atoms with van der Waals surface area (Å²) in [5.41, 5.74) is 0.493. The SMILES string of the molecule is O=C(O)C1CCCCN1Cc1ccc(Cl)cc1F. The van der Waals surface area contributed by atoms with Crippen LogP contribution in [0.1, 0.15) is 24.8 Å². The van der Waals surface area contributed by atoms with E-state index in [9.17, 15) is 9.18 Å². The summed E-state index contributed by atoms with van der Waals surface area (Å²) in [7, 11) is 0. The third-order valence-electron chi connectivity index (χ3n) is 3.29. The van der Waals surface area contributed by atoms with Crippen LogP contribution in [0.25, 0.3) is 0 Å². The number of hydrogen-bond donors (Lipinski definition) is 1. The molecule has 0 bridgehead atoms. The molecule has 1 N–H and O–H groups in total. The highest BCUT2D eigenvalue weighted by molar-refractivity contribution is 6.30. The van der Waals surface area contributed by atoms with Gasteiger partial charge in [-0.15, -0.1) is 0 Å². The van der Waals surface area contributed by atoms with Gasteiger partial charge in [0.25, 0.3) is 0 Å². The molecule has 1 aromatic rings. The van der Waals surface area contributed by atoms with Crippen molar-refractivity contribution in [2.75, 3.05) is 6.54 Å². The normalized spacial score (nSPS) is 20.9. The molecule has 0 aromatic heterocycles. The molecular formula is C13H15ClFNO2. The van der Waals surface area contributed by atoms with Gasteiger partial charge in [0, 0.05) is 17.1 Å². The monoisotopic (exact) mass is 271 g/mol. The first-order chi connectivity index (χ1) is 8.58. The van der Waals surface area contributed by atoms with Gasteiger partial charge in [-0.1, -0.05) is 24.1 Å². The van der Waals surface area contributed by atoms with E-state index in [1.54, 1.807) is 12.1 Å². The second-order valence-electron chi connectivity index (χ2n) is 4.56. The fourth-order valence-corrected chi connectivity index (χ4v) is 2.49. The lowest BCUT2D eigenvalue weighted by Crippen LogP contribution is -2.44. The molecule has 0 aliphatic carbocycles. The van der Waals surface area contributed by atoms with E-state index in [0.29, 0.717) is 30.1 Å². The summed E-state index contributed by atoms with van der Waals surface area (Å²) in [5, 5.41) is 9.50. The molecule has 1 aromatic carbocycles. The van der Waals surface area contributed by atoms with Crippen LogP contribution in [0.3, 0.4) is 0 Å². The molecular weight excluding hydrogens is 257 g/mol. The van der Waals surface area contributed by atoms with E-state index in [4.69, 9.17) is 16.7 Å². The number of likely N-dealkylation sites (tertiary alicyclic amines) is 1. The Kier molecular flexibility index (Phi) is 4.19. The molecule has 18 heavy (non-hydrogen) atoms. The van der Waals surface area contributed by atoms with Crippen molar-refractivity contribution in [1.29, 1.82) is 0 Å². The third-order valence-corrected chi connectivity index (χ3v) is 3.52. The van der Waals surface area contributed by atoms with Crippen molar-refractivity contribution >= 4 is 17.6 Å². The maximum Gasteiger partial charge on any atom is 0.320 e. The second-order valence-corrected chi connectivity index (χ2v) is 4.99. The Morgan fingerprint density at radius 2 is 2.28 bits per heavy atom. The quantitative estimate of drug-likeness (QED) is 0.919. The van der Waals surface area contributed by atoms with Gasteiger partial charge < -0.3 is 5.11 Å². The smallest absolute Gasteiger partial charge is 0.320 e. The molecule has 1 aliphatic rings. The van der Waals surface area contributed by atoms with Crippen molar-refractivity contribution in [3.05, 3.63) is 34.6 Å². The van der Waals surface area contributed by atoms with Gasteiger partial charge in [0.05, 0.1) is 0 Å². The largest absolute Gasteiger partial charge is 0.480 e. The topological polar surface area (TPSA) is 40.5 Å². The maximum atomic E-state index is 13.7. The maximum absolute atomic E-state index is 13.7. The first-order valence-electron chi connectivity index (χ1n) is 5.98. The number of hydrogen-bond acceptors (Lipinski definition) is 2. The molecule has 1 fully saturated rings. The number of piperidine rings is 1. The van der Waals surface area contributed by atoms with E-state index in [0.717, 1.165) is 12.8 Å². The molecule has 1 atom stereocenters. The molecule has 1 unspecified atom stereocenters. The predicted octanol–water partition coefficient (Wildman–Crippen LogP) is 2.92. The first kappa shape index (κ1) is 13.3. The van der Waals surface area contributed by atoms with E-state index in [-0.39, 0.29) is 5.82 Å². The number of rotatable bonds is 3. The van der Waals surface area contributed by atoms with Gasteiger partial charge in [0.1, 0.15) is 11.9 Å². The van der Waals surface area contributed by atoms with Gasteiger partial charge in [0.2, 0.25) is 0 Å². The zero-order chi connectivity index (χ0) is 13.1. The summed E-state index contributed by atoms with van der Waals surface area (Å²) < 4.78 is 13.7. The number of carboxylic acid groups (broad SMARTS) is 1.